The van der Waals surface area contributed by atoms with Crippen molar-refractivity contribution in [1.29, 1.82) is 0 Å². The molecule has 2 unspecified atom stereocenters. The van der Waals surface area contributed by atoms with Gasteiger partial charge in [-0.2, -0.15) is 0 Å². The molecule has 0 aliphatic heterocycles. The molecule has 0 amide bonds. The van der Waals surface area contributed by atoms with E-state index in [1.54, 1.807) is 12.1 Å². The second-order valence-electron chi connectivity index (χ2n) is 7.79. The van der Waals surface area contributed by atoms with Crippen molar-refractivity contribution in [3.63, 3.8) is 0 Å². The second kappa shape index (κ2) is 4.56. The van der Waals surface area contributed by atoms with Crippen LogP contribution in [0.4, 0.5) is 4.39 Å². The number of hydrogen-bond donors (Lipinski definition) is 1. The molecule has 1 aromatic rings. The number of halogens is 1. The molecule has 2 aliphatic carbocycles. The molecule has 4 atom stereocenters. The molecule has 0 aromatic heterocycles. The minimum absolute atomic E-state index is 0.144. The fourth-order valence-corrected chi connectivity index (χ4v) is 4.84. The molecule has 0 spiro atoms. The minimum Gasteiger partial charge on any atom is -0.306 e. The van der Waals surface area contributed by atoms with Crippen molar-refractivity contribution in [2.45, 2.75) is 59.0 Å². The Hall–Kier alpha value is -0.890. The van der Waals surface area contributed by atoms with Crippen LogP contribution in [0.1, 0.15) is 58.6 Å². The van der Waals surface area contributed by atoms with Gasteiger partial charge in [-0.3, -0.25) is 0 Å². The van der Waals surface area contributed by atoms with Gasteiger partial charge in [0.1, 0.15) is 5.82 Å². The third-order valence-electron chi connectivity index (χ3n) is 6.04. The molecule has 2 bridgehead atoms. The lowest BCUT2D eigenvalue weighted by molar-refractivity contribution is 0.100. The molecule has 110 valence electrons. The zero-order valence-electron chi connectivity index (χ0n) is 13.0. The Kier molecular flexibility index (Phi) is 3.20. The Morgan fingerprint density at radius 3 is 2.65 bits per heavy atom. The van der Waals surface area contributed by atoms with E-state index in [-0.39, 0.29) is 11.9 Å². The molecule has 1 N–H and O–H groups in total. The summed E-state index contributed by atoms with van der Waals surface area (Å²) in [4.78, 5) is 0. The molecule has 2 aliphatic rings. The van der Waals surface area contributed by atoms with Crippen LogP contribution in [0.25, 0.3) is 0 Å². The van der Waals surface area contributed by atoms with Crippen LogP contribution in [0.2, 0.25) is 0 Å². The van der Waals surface area contributed by atoms with Gasteiger partial charge in [0.2, 0.25) is 0 Å². The maximum Gasteiger partial charge on any atom is 0.123 e. The monoisotopic (exact) mass is 275 g/mol. The van der Waals surface area contributed by atoms with Crippen LogP contribution in [-0.4, -0.2) is 6.04 Å². The van der Waals surface area contributed by atoms with Crippen LogP contribution in [0, 0.1) is 22.6 Å². The highest BCUT2D eigenvalue weighted by Gasteiger charge is 2.59. The van der Waals surface area contributed by atoms with E-state index in [2.05, 4.69) is 33.0 Å². The molecule has 1 nitrogen and oxygen atoms in total. The van der Waals surface area contributed by atoms with E-state index in [4.69, 9.17) is 0 Å². The third kappa shape index (κ3) is 2.09. The highest BCUT2D eigenvalue weighted by Crippen LogP contribution is 2.62. The van der Waals surface area contributed by atoms with E-state index < -0.39 is 0 Å². The zero-order valence-corrected chi connectivity index (χ0v) is 13.0. The lowest BCUT2D eigenvalue weighted by Crippen LogP contribution is -2.50. The molecular formula is C18H26FN. The van der Waals surface area contributed by atoms with Crippen molar-refractivity contribution >= 4 is 0 Å². The average Bonchev–Trinajstić information content (AvgIpc) is 2.85. The fraction of sp³-hybridized carbons (Fsp3) is 0.667. The first-order valence-corrected chi connectivity index (χ1v) is 7.84. The van der Waals surface area contributed by atoms with E-state index >= 15 is 0 Å². The van der Waals surface area contributed by atoms with E-state index in [1.807, 2.05) is 6.07 Å². The van der Waals surface area contributed by atoms with Crippen LogP contribution in [0.3, 0.4) is 0 Å². The predicted molar refractivity (Wildman–Crippen MR) is 81.0 cm³/mol. The van der Waals surface area contributed by atoms with Gasteiger partial charge in [-0.15, -0.1) is 0 Å². The summed E-state index contributed by atoms with van der Waals surface area (Å²) in [5.41, 5.74) is 1.80. The first-order chi connectivity index (χ1) is 9.33. The summed E-state index contributed by atoms with van der Waals surface area (Å²) < 4.78 is 13.4. The first kappa shape index (κ1) is 14.1. The highest BCUT2D eigenvalue weighted by molar-refractivity contribution is 5.21. The average molecular weight is 275 g/mol. The van der Waals surface area contributed by atoms with Gasteiger partial charge in [0.15, 0.2) is 0 Å². The van der Waals surface area contributed by atoms with Gasteiger partial charge in [0, 0.05) is 12.1 Å². The number of nitrogens with one attached hydrogen (secondary N) is 1. The van der Waals surface area contributed by atoms with Crippen molar-refractivity contribution in [3.05, 3.63) is 35.6 Å². The molecule has 2 saturated carbocycles. The summed E-state index contributed by atoms with van der Waals surface area (Å²) in [7, 11) is 0. The molecule has 2 heteroatoms. The largest absolute Gasteiger partial charge is 0.306 e. The summed E-state index contributed by atoms with van der Waals surface area (Å²) in [6, 6.07) is 7.71. The maximum absolute atomic E-state index is 13.4. The molecule has 1 aromatic carbocycles. The van der Waals surface area contributed by atoms with Crippen LogP contribution in [0.5, 0.6) is 0 Å². The lowest BCUT2D eigenvalue weighted by atomic mass is 9.68. The Labute approximate surface area is 122 Å². The van der Waals surface area contributed by atoms with Crippen molar-refractivity contribution in [2.24, 2.45) is 16.7 Å². The standard InChI is InChI=1S/C18H26FN/c1-12(13-6-5-7-15(19)10-13)20-16-17(2,3)14-8-9-18(16,4)11-14/h5-7,10,12,14,16,20H,8-9,11H2,1-4H3/t12?,14-,16?,18+/m0/s1. The summed E-state index contributed by atoms with van der Waals surface area (Å²) in [6.45, 7) is 9.38. The van der Waals surface area contributed by atoms with Gasteiger partial charge in [0.05, 0.1) is 0 Å². The molecular weight excluding hydrogens is 249 g/mol. The molecule has 20 heavy (non-hydrogen) atoms. The second-order valence-corrected chi connectivity index (χ2v) is 7.79. The van der Waals surface area contributed by atoms with Gasteiger partial charge < -0.3 is 5.32 Å². The van der Waals surface area contributed by atoms with Crippen molar-refractivity contribution < 1.29 is 4.39 Å². The Morgan fingerprint density at radius 2 is 2.05 bits per heavy atom. The Balaban J connectivity index is 1.80. The smallest absolute Gasteiger partial charge is 0.123 e. The van der Waals surface area contributed by atoms with Gasteiger partial charge in [-0.25, -0.2) is 4.39 Å². The maximum atomic E-state index is 13.4. The number of benzene rings is 1. The summed E-state index contributed by atoms with van der Waals surface area (Å²) >= 11 is 0. The van der Waals surface area contributed by atoms with Gasteiger partial charge in [-0.05, 0) is 60.6 Å². The predicted octanol–water partition coefficient (Wildman–Crippen LogP) is 4.69. The van der Waals surface area contributed by atoms with E-state index in [0.29, 0.717) is 16.9 Å². The molecule has 0 saturated heterocycles. The first-order valence-electron chi connectivity index (χ1n) is 7.84. The normalized spacial score (nSPS) is 36.2. The van der Waals surface area contributed by atoms with Crippen LogP contribution >= 0.6 is 0 Å². The number of fused-ring (bicyclic) bond motifs is 2. The molecule has 0 radical (unpaired) electrons. The summed E-state index contributed by atoms with van der Waals surface area (Å²) in [6.07, 6.45) is 4.04. The Morgan fingerprint density at radius 1 is 1.30 bits per heavy atom. The van der Waals surface area contributed by atoms with Gasteiger partial charge in [-0.1, -0.05) is 32.9 Å². The van der Waals surface area contributed by atoms with Crippen molar-refractivity contribution in [1.82, 2.24) is 5.32 Å². The summed E-state index contributed by atoms with van der Waals surface area (Å²) in [5, 5.41) is 3.82. The number of rotatable bonds is 3. The number of hydrogen-bond acceptors (Lipinski definition) is 1. The van der Waals surface area contributed by atoms with E-state index in [9.17, 15) is 4.39 Å². The Bertz CT molecular complexity index is 505. The topological polar surface area (TPSA) is 12.0 Å². The van der Waals surface area contributed by atoms with Gasteiger partial charge in [0.25, 0.3) is 0 Å². The van der Waals surface area contributed by atoms with Crippen LogP contribution < -0.4 is 5.32 Å². The van der Waals surface area contributed by atoms with Crippen LogP contribution in [0.15, 0.2) is 24.3 Å². The van der Waals surface area contributed by atoms with Crippen molar-refractivity contribution in [3.8, 4) is 0 Å². The molecule has 0 heterocycles. The fourth-order valence-electron chi connectivity index (χ4n) is 4.84. The lowest BCUT2D eigenvalue weighted by Gasteiger charge is -2.44. The molecule has 3 rings (SSSR count). The zero-order chi connectivity index (χ0) is 14.5. The molecule has 2 fully saturated rings. The van der Waals surface area contributed by atoms with Crippen LogP contribution in [-0.2, 0) is 0 Å². The third-order valence-corrected chi connectivity index (χ3v) is 6.04. The minimum atomic E-state index is -0.144. The van der Waals surface area contributed by atoms with Gasteiger partial charge >= 0.3 is 0 Å². The van der Waals surface area contributed by atoms with E-state index in [0.717, 1.165) is 11.5 Å². The quantitative estimate of drug-likeness (QED) is 0.843. The summed E-state index contributed by atoms with van der Waals surface area (Å²) in [5.74, 6) is 0.694. The van der Waals surface area contributed by atoms with Crippen molar-refractivity contribution in [2.75, 3.05) is 0 Å². The highest BCUT2D eigenvalue weighted by atomic mass is 19.1. The SMILES string of the molecule is CC(NC1C(C)(C)[C@H]2CC[C@]1(C)C2)c1cccc(F)c1. The van der Waals surface area contributed by atoms with E-state index in [1.165, 1.54) is 25.3 Å².